The quantitative estimate of drug-likeness (QED) is 0.780. The van der Waals surface area contributed by atoms with Gasteiger partial charge in [-0.15, -0.1) is 0 Å². The van der Waals surface area contributed by atoms with Crippen molar-refractivity contribution < 1.29 is 4.74 Å². The Hall–Kier alpha value is -2.78. The van der Waals surface area contributed by atoms with E-state index in [9.17, 15) is 0 Å². The van der Waals surface area contributed by atoms with Crippen LogP contribution in [0.25, 0.3) is 0 Å². The molecule has 0 N–H and O–H groups in total. The Kier molecular flexibility index (Phi) is 3.05. The minimum absolute atomic E-state index is 0.253. The van der Waals surface area contributed by atoms with Crippen molar-refractivity contribution in [2.45, 2.75) is 0 Å². The van der Waals surface area contributed by atoms with Gasteiger partial charge in [-0.25, -0.2) is 0 Å². The Balaban J connectivity index is 2.41. The second kappa shape index (κ2) is 4.83. The van der Waals surface area contributed by atoms with Crippen molar-refractivity contribution in [3.8, 4) is 23.6 Å². The molecule has 0 spiro atoms. The van der Waals surface area contributed by atoms with Crippen LogP contribution in [-0.4, -0.2) is 0 Å². The van der Waals surface area contributed by atoms with Gasteiger partial charge in [0.25, 0.3) is 0 Å². The van der Waals surface area contributed by atoms with E-state index in [1.807, 2.05) is 12.1 Å². The number of rotatable bonds is 2. The van der Waals surface area contributed by atoms with Gasteiger partial charge in [-0.3, -0.25) is 0 Å². The molecular formula is C14H7N2O. The van der Waals surface area contributed by atoms with Gasteiger partial charge in [0.15, 0.2) is 0 Å². The lowest BCUT2D eigenvalue weighted by Crippen LogP contribution is -1.91. The highest BCUT2D eigenvalue weighted by Gasteiger charge is 2.09. The van der Waals surface area contributed by atoms with E-state index in [1.165, 1.54) is 0 Å². The van der Waals surface area contributed by atoms with Crippen LogP contribution in [0.2, 0.25) is 0 Å². The fourth-order valence-corrected chi connectivity index (χ4v) is 1.39. The van der Waals surface area contributed by atoms with E-state index in [0.29, 0.717) is 17.1 Å². The lowest BCUT2D eigenvalue weighted by molar-refractivity contribution is 0.481. The molecule has 0 saturated heterocycles. The average Bonchev–Trinajstić information content (AvgIpc) is 2.39. The average molecular weight is 219 g/mol. The lowest BCUT2D eigenvalue weighted by Gasteiger charge is -2.07. The third-order valence-corrected chi connectivity index (χ3v) is 2.17. The van der Waals surface area contributed by atoms with Gasteiger partial charge in [0.05, 0.1) is 5.56 Å². The van der Waals surface area contributed by atoms with E-state index in [4.69, 9.17) is 15.3 Å². The molecule has 0 heterocycles. The van der Waals surface area contributed by atoms with Crippen molar-refractivity contribution in [3.63, 3.8) is 0 Å². The van der Waals surface area contributed by atoms with Gasteiger partial charge in [0.1, 0.15) is 29.2 Å². The molecule has 2 aromatic rings. The maximum Gasteiger partial charge on any atom is 0.146 e. The van der Waals surface area contributed by atoms with Crippen molar-refractivity contribution in [3.05, 3.63) is 59.7 Å². The molecule has 79 valence electrons. The lowest BCUT2D eigenvalue weighted by atomic mass is 10.1. The third kappa shape index (κ3) is 2.25. The van der Waals surface area contributed by atoms with Gasteiger partial charge in [-0.05, 0) is 30.3 Å². The minimum Gasteiger partial charge on any atom is -0.456 e. The second-order valence-corrected chi connectivity index (χ2v) is 3.24. The molecule has 2 rings (SSSR count). The van der Waals surface area contributed by atoms with E-state index >= 15 is 0 Å². The predicted octanol–water partition coefficient (Wildman–Crippen LogP) is 3.02. The van der Waals surface area contributed by atoms with Crippen LogP contribution >= 0.6 is 0 Å². The monoisotopic (exact) mass is 219 g/mol. The molecule has 0 atom stereocenters. The van der Waals surface area contributed by atoms with Gasteiger partial charge < -0.3 is 4.74 Å². The summed E-state index contributed by atoms with van der Waals surface area (Å²) >= 11 is 0. The van der Waals surface area contributed by atoms with Crippen LogP contribution < -0.4 is 4.74 Å². The Morgan fingerprint density at radius 3 is 2.41 bits per heavy atom. The highest BCUT2D eigenvalue weighted by molar-refractivity contribution is 5.54. The van der Waals surface area contributed by atoms with Crippen LogP contribution in [0.15, 0.2) is 42.5 Å². The topological polar surface area (TPSA) is 56.8 Å². The molecule has 3 heteroatoms. The van der Waals surface area contributed by atoms with Gasteiger partial charge in [-0.2, -0.15) is 10.5 Å². The van der Waals surface area contributed by atoms with Gasteiger partial charge in [0, 0.05) is 0 Å². The van der Waals surface area contributed by atoms with Crippen LogP contribution in [-0.2, 0) is 0 Å². The highest BCUT2D eigenvalue weighted by Crippen LogP contribution is 2.26. The zero-order chi connectivity index (χ0) is 12.1. The standard InChI is InChI=1S/C14H7N2O/c15-9-11-5-4-8-14(13(11)10-16)17-12-6-2-1-3-7-12/h2-8H. The number of nitriles is 2. The van der Waals surface area contributed by atoms with Crippen molar-refractivity contribution in [1.82, 2.24) is 0 Å². The summed E-state index contributed by atoms with van der Waals surface area (Å²) in [6.45, 7) is 0. The normalized spacial score (nSPS) is 9.06. The molecule has 0 aliphatic rings. The Morgan fingerprint density at radius 2 is 1.76 bits per heavy atom. The number of hydrogen-bond acceptors (Lipinski definition) is 3. The van der Waals surface area contributed by atoms with Crippen molar-refractivity contribution in [2.24, 2.45) is 0 Å². The van der Waals surface area contributed by atoms with Gasteiger partial charge in [0.2, 0.25) is 0 Å². The molecular weight excluding hydrogens is 212 g/mol. The Morgan fingerprint density at radius 1 is 1.00 bits per heavy atom. The maximum atomic E-state index is 9.02. The number of nitrogens with zero attached hydrogens (tertiary/aromatic N) is 2. The molecule has 2 aromatic carbocycles. The van der Waals surface area contributed by atoms with Crippen LogP contribution in [0.3, 0.4) is 0 Å². The SMILES string of the molecule is N#Cc1cccc(Oc2cc[c]cc2)c1C#N. The molecule has 0 aliphatic carbocycles. The summed E-state index contributed by atoms with van der Waals surface area (Å²) in [7, 11) is 0. The molecule has 0 fully saturated rings. The van der Waals surface area contributed by atoms with Crippen LogP contribution in [0, 0.1) is 28.7 Å². The molecule has 0 amide bonds. The summed E-state index contributed by atoms with van der Waals surface area (Å²) < 4.78 is 5.55. The van der Waals surface area contributed by atoms with Gasteiger partial charge in [-0.1, -0.05) is 18.2 Å². The van der Waals surface area contributed by atoms with Crippen molar-refractivity contribution >= 4 is 0 Å². The molecule has 0 saturated carbocycles. The van der Waals surface area contributed by atoms with E-state index < -0.39 is 0 Å². The molecule has 0 aromatic heterocycles. The van der Waals surface area contributed by atoms with Crippen LogP contribution in [0.4, 0.5) is 0 Å². The number of benzene rings is 2. The zero-order valence-corrected chi connectivity index (χ0v) is 8.84. The minimum atomic E-state index is 0.253. The third-order valence-electron chi connectivity index (χ3n) is 2.17. The van der Waals surface area contributed by atoms with E-state index in [2.05, 4.69) is 6.07 Å². The van der Waals surface area contributed by atoms with Crippen LogP contribution in [0.1, 0.15) is 11.1 Å². The smallest absolute Gasteiger partial charge is 0.146 e. The first kappa shape index (κ1) is 10.7. The molecule has 0 aliphatic heterocycles. The first-order valence-electron chi connectivity index (χ1n) is 4.92. The molecule has 0 bridgehead atoms. The largest absolute Gasteiger partial charge is 0.456 e. The summed E-state index contributed by atoms with van der Waals surface area (Å²) in [5.41, 5.74) is 0.565. The van der Waals surface area contributed by atoms with E-state index in [0.717, 1.165) is 0 Å². The summed E-state index contributed by atoms with van der Waals surface area (Å²) in [4.78, 5) is 0. The fraction of sp³-hybridized carbons (Fsp3) is 0. The summed E-state index contributed by atoms with van der Waals surface area (Å²) in [5, 5.41) is 17.9. The first-order chi connectivity index (χ1) is 8.35. The molecule has 1 radical (unpaired) electrons. The Bertz CT molecular complexity index is 606. The second-order valence-electron chi connectivity index (χ2n) is 3.24. The summed E-state index contributed by atoms with van der Waals surface area (Å²) in [6, 6.07) is 18.7. The first-order valence-corrected chi connectivity index (χ1v) is 4.92. The molecule has 17 heavy (non-hydrogen) atoms. The number of hydrogen-bond donors (Lipinski definition) is 0. The number of ether oxygens (including phenoxy) is 1. The highest BCUT2D eigenvalue weighted by atomic mass is 16.5. The molecule has 3 nitrogen and oxygen atoms in total. The summed E-state index contributed by atoms with van der Waals surface area (Å²) in [5.74, 6) is 0.994. The van der Waals surface area contributed by atoms with Crippen molar-refractivity contribution in [1.29, 1.82) is 10.5 Å². The van der Waals surface area contributed by atoms with Gasteiger partial charge >= 0.3 is 0 Å². The van der Waals surface area contributed by atoms with E-state index in [-0.39, 0.29) is 5.56 Å². The summed E-state index contributed by atoms with van der Waals surface area (Å²) in [6.07, 6.45) is 0. The Labute approximate surface area is 99.1 Å². The zero-order valence-electron chi connectivity index (χ0n) is 8.84. The fourth-order valence-electron chi connectivity index (χ4n) is 1.39. The van der Waals surface area contributed by atoms with E-state index in [1.54, 1.807) is 42.5 Å². The van der Waals surface area contributed by atoms with Crippen molar-refractivity contribution in [2.75, 3.05) is 0 Å². The maximum absolute atomic E-state index is 9.02. The van der Waals surface area contributed by atoms with Crippen LogP contribution in [0.5, 0.6) is 11.5 Å². The predicted molar refractivity (Wildman–Crippen MR) is 61.2 cm³/mol. The molecule has 0 unspecified atom stereocenters.